The standard InChI is InChI=1S/C10H15NO2/c12-9-3-7-1-6-2-8(4-9)11(7)5-10(6)13/h3,6-8,10,12-13H,1-2,4-5H2. The molecule has 0 aromatic heterocycles. The van der Waals surface area contributed by atoms with E-state index in [1.54, 1.807) is 0 Å². The molecule has 0 radical (unpaired) electrons. The Morgan fingerprint density at radius 1 is 1.38 bits per heavy atom. The van der Waals surface area contributed by atoms with Crippen LogP contribution < -0.4 is 0 Å². The molecule has 0 saturated carbocycles. The molecule has 0 amide bonds. The molecule has 5 unspecified atom stereocenters. The van der Waals surface area contributed by atoms with Crippen LogP contribution in [0.25, 0.3) is 0 Å². The SMILES string of the molecule is OC1=CC2CC3CC(C1)N2CC3O. The van der Waals surface area contributed by atoms with Crippen LogP contribution in [-0.4, -0.2) is 39.8 Å². The fourth-order valence-corrected chi connectivity index (χ4v) is 3.16. The molecule has 0 aliphatic carbocycles. The van der Waals surface area contributed by atoms with Crippen molar-refractivity contribution >= 4 is 0 Å². The molecular formula is C10H15NO2. The first-order valence-electron chi connectivity index (χ1n) is 5.07. The molecule has 3 fully saturated rings. The minimum Gasteiger partial charge on any atom is -0.513 e. The van der Waals surface area contributed by atoms with Crippen molar-refractivity contribution in [2.45, 2.75) is 37.5 Å². The molecule has 3 nitrogen and oxygen atoms in total. The molecule has 3 saturated heterocycles. The Balaban J connectivity index is 1.93. The lowest BCUT2D eigenvalue weighted by Crippen LogP contribution is -2.61. The average Bonchev–Trinajstić information content (AvgIpc) is 2.04. The molecule has 0 aromatic carbocycles. The zero-order chi connectivity index (χ0) is 9.00. The second-order valence-corrected chi connectivity index (χ2v) is 4.58. The van der Waals surface area contributed by atoms with Crippen LogP contribution in [0.3, 0.4) is 0 Å². The van der Waals surface area contributed by atoms with Gasteiger partial charge in [-0.3, -0.25) is 4.90 Å². The summed E-state index contributed by atoms with van der Waals surface area (Å²) < 4.78 is 0. The van der Waals surface area contributed by atoms with Crippen molar-refractivity contribution in [2.75, 3.05) is 6.54 Å². The van der Waals surface area contributed by atoms with Gasteiger partial charge in [-0.25, -0.2) is 0 Å². The van der Waals surface area contributed by atoms with Crippen molar-refractivity contribution in [3.63, 3.8) is 0 Å². The molecule has 5 atom stereocenters. The van der Waals surface area contributed by atoms with Crippen LogP contribution in [0.4, 0.5) is 0 Å². The summed E-state index contributed by atoms with van der Waals surface area (Å²) in [7, 11) is 0. The lowest BCUT2D eigenvalue weighted by molar-refractivity contribution is -0.0827. The predicted octanol–water partition coefficient (Wildman–Crippen LogP) is 0.656. The van der Waals surface area contributed by atoms with Crippen LogP contribution in [0.5, 0.6) is 0 Å². The fraction of sp³-hybridized carbons (Fsp3) is 0.800. The third kappa shape index (κ3) is 1.04. The molecular weight excluding hydrogens is 166 g/mol. The van der Waals surface area contributed by atoms with Crippen molar-refractivity contribution in [2.24, 2.45) is 5.92 Å². The monoisotopic (exact) mass is 181 g/mol. The zero-order valence-electron chi connectivity index (χ0n) is 7.56. The predicted molar refractivity (Wildman–Crippen MR) is 48.3 cm³/mol. The van der Waals surface area contributed by atoms with Gasteiger partial charge >= 0.3 is 0 Å². The van der Waals surface area contributed by atoms with Crippen molar-refractivity contribution < 1.29 is 10.2 Å². The van der Waals surface area contributed by atoms with Crippen LogP contribution in [0.15, 0.2) is 11.8 Å². The Morgan fingerprint density at radius 3 is 2.92 bits per heavy atom. The molecule has 13 heavy (non-hydrogen) atoms. The molecule has 4 rings (SSSR count). The molecule has 3 heteroatoms. The van der Waals surface area contributed by atoms with Crippen molar-refractivity contribution in [3.8, 4) is 0 Å². The minimum atomic E-state index is -0.124. The van der Waals surface area contributed by atoms with Gasteiger partial charge in [0.25, 0.3) is 0 Å². The summed E-state index contributed by atoms with van der Waals surface area (Å²) in [5.74, 6) is 1.03. The zero-order valence-corrected chi connectivity index (χ0v) is 7.56. The molecule has 72 valence electrons. The maximum absolute atomic E-state index is 9.70. The quantitative estimate of drug-likeness (QED) is 0.577. The molecule has 0 aromatic rings. The molecule has 2 N–H and O–H groups in total. The molecule has 4 aliphatic rings. The van der Waals surface area contributed by atoms with Crippen LogP contribution >= 0.6 is 0 Å². The summed E-state index contributed by atoms with van der Waals surface area (Å²) in [5, 5.41) is 19.2. The highest BCUT2D eigenvalue weighted by Crippen LogP contribution is 2.41. The van der Waals surface area contributed by atoms with E-state index in [9.17, 15) is 10.2 Å². The van der Waals surface area contributed by atoms with E-state index in [1.807, 2.05) is 6.08 Å². The van der Waals surface area contributed by atoms with Gasteiger partial charge in [0.2, 0.25) is 0 Å². The maximum atomic E-state index is 9.70. The number of fused-ring (bicyclic) bond motifs is 1. The maximum Gasteiger partial charge on any atom is 0.0914 e. The smallest absolute Gasteiger partial charge is 0.0914 e. The summed E-state index contributed by atoms with van der Waals surface area (Å²) in [5.41, 5.74) is 0. The van der Waals surface area contributed by atoms with Crippen molar-refractivity contribution in [1.82, 2.24) is 4.90 Å². The topological polar surface area (TPSA) is 43.7 Å². The summed E-state index contributed by atoms with van der Waals surface area (Å²) >= 11 is 0. The number of nitrogens with zero attached hydrogens (tertiary/aromatic N) is 1. The lowest BCUT2D eigenvalue weighted by atomic mass is 9.74. The molecule has 4 aliphatic heterocycles. The lowest BCUT2D eigenvalue weighted by Gasteiger charge is -2.53. The van der Waals surface area contributed by atoms with E-state index in [2.05, 4.69) is 4.90 Å². The third-order valence-corrected chi connectivity index (χ3v) is 3.79. The van der Waals surface area contributed by atoms with E-state index in [-0.39, 0.29) is 6.10 Å². The van der Waals surface area contributed by atoms with E-state index >= 15 is 0 Å². The second kappa shape index (κ2) is 2.49. The summed E-state index contributed by atoms with van der Waals surface area (Å²) in [4.78, 5) is 2.35. The Hall–Kier alpha value is -0.540. The number of hydrogen-bond donors (Lipinski definition) is 2. The van der Waals surface area contributed by atoms with E-state index in [4.69, 9.17) is 0 Å². The number of aliphatic hydroxyl groups is 2. The van der Waals surface area contributed by atoms with Gasteiger partial charge < -0.3 is 10.2 Å². The van der Waals surface area contributed by atoms with E-state index in [0.717, 1.165) is 25.8 Å². The first-order valence-corrected chi connectivity index (χ1v) is 5.07. The highest BCUT2D eigenvalue weighted by molar-refractivity contribution is 5.14. The van der Waals surface area contributed by atoms with E-state index < -0.39 is 0 Å². The Bertz CT molecular complexity index is 264. The van der Waals surface area contributed by atoms with Crippen molar-refractivity contribution in [3.05, 3.63) is 11.8 Å². The van der Waals surface area contributed by atoms with Gasteiger partial charge in [0, 0.05) is 25.0 Å². The van der Waals surface area contributed by atoms with Gasteiger partial charge in [0.15, 0.2) is 0 Å². The van der Waals surface area contributed by atoms with Gasteiger partial charge in [-0.15, -0.1) is 0 Å². The van der Waals surface area contributed by atoms with Crippen LogP contribution in [0, 0.1) is 5.92 Å². The summed E-state index contributed by atoms with van der Waals surface area (Å²) in [6.07, 6.45) is 4.73. The first kappa shape index (κ1) is 7.83. The third-order valence-electron chi connectivity index (χ3n) is 3.79. The van der Waals surface area contributed by atoms with Crippen molar-refractivity contribution in [1.29, 1.82) is 0 Å². The van der Waals surface area contributed by atoms with Gasteiger partial charge in [-0.1, -0.05) is 0 Å². The average molecular weight is 181 g/mol. The number of aliphatic hydroxyl groups excluding tert-OH is 2. The summed E-state index contributed by atoms with van der Waals surface area (Å²) in [6, 6.07) is 0.901. The second-order valence-electron chi connectivity index (χ2n) is 4.58. The Kier molecular flexibility index (Phi) is 1.50. The minimum absolute atomic E-state index is 0.124. The fourth-order valence-electron chi connectivity index (χ4n) is 3.16. The van der Waals surface area contributed by atoms with E-state index in [0.29, 0.717) is 23.8 Å². The highest BCUT2D eigenvalue weighted by atomic mass is 16.3. The van der Waals surface area contributed by atoms with E-state index in [1.165, 1.54) is 0 Å². The molecule has 0 spiro atoms. The Labute approximate surface area is 77.7 Å². The van der Waals surface area contributed by atoms with Gasteiger partial charge in [0.05, 0.1) is 11.9 Å². The molecule has 4 heterocycles. The normalized spacial score (nSPS) is 53.3. The van der Waals surface area contributed by atoms with Crippen LogP contribution in [-0.2, 0) is 0 Å². The largest absolute Gasteiger partial charge is 0.513 e. The van der Waals surface area contributed by atoms with Crippen LogP contribution in [0.2, 0.25) is 0 Å². The Morgan fingerprint density at radius 2 is 2.23 bits per heavy atom. The van der Waals surface area contributed by atoms with Gasteiger partial charge in [0.1, 0.15) is 0 Å². The highest BCUT2D eigenvalue weighted by Gasteiger charge is 2.46. The number of piperidine rings is 3. The van der Waals surface area contributed by atoms with Gasteiger partial charge in [-0.05, 0) is 24.8 Å². The number of hydrogen-bond acceptors (Lipinski definition) is 3. The van der Waals surface area contributed by atoms with Crippen LogP contribution in [0.1, 0.15) is 19.3 Å². The first-order chi connectivity index (χ1) is 6.24. The number of rotatable bonds is 0. The molecule has 4 bridgehead atoms. The van der Waals surface area contributed by atoms with Gasteiger partial charge in [-0.2, -0.15) is 0 Å². The summed E-state index contributed by atoms with van der Waals surface area (Å²) in [6.45, 7) is 0.809.